The van der Waals surface area contributed by atoms with Crippen molar-refractivity contribution in [1.82, 2.24) is 4.98 Å². The second-order valence-corrected chi connectivity index (χ2v) is 3.18. The minimum Gasteiger partial charge on any atom is -0.396 e. The van der Waals surface area contributed by atoms with Gasteiger partial charge in [-0.15, -0.1) is 0 Å². The lowest BCUT2D eigenvalue weighted by Gasteiger charge is -2.05. The van der Waals surface area contributed by atoms with Crippen LogP contribution in [0.3, 0.4) is 0 Å². The molecule has 15 heavy (non-hydrogen) atoms. The zero-order chi connectivity index (χ0) is 11.4. The fraction of sp³-hybridized carbons (Fsp3) is 0.300. The molecule has 0 radical (unpaired) electrons. The summed E-state index contributed by atoms with van der Waals surface area (Å²) in [5.74, 6) is 0. The van der Waals surface area contributed by atoms with E-state index in [4.69, 9.17) is 5.11 Å². The van der Waals surface area contributed by atoms with Crippen molar-refractivity contribution in [3.8, 4) is 0 Å². The molecule has 0 aromatic carbocycles. The Morgan fingerprint density at radius 3 is 2.87 bits per heavy atom. The van der Waals surface area contributed by atoms with Crippen LogP contribution in [0.25, 0.3) is 5.57 Å². The number of hydrogen-bond donors (Lipinski definition) is 1. The monoisotopic (exact) mass is 208 g/mol. The van der Waals surface area contributed by atoms with Crippen LogP contribution in [0.1, 0.15) is 18.2 Å². The van der Waals surface area contributed by atoms with Gasteiger partial charge < -0.3 is 5.11 Å². The van der Waals surface area contributed by atoms with Crippen LogP contribution in [-0.2, 0) is 6.42 Å². The normalized spacial score (nSPS) is 10.0. The molecule has 0 saturated heterocycles. The Bertz CT molecular complexity index is 402. The Labute approximate surface area is 87.2 Å². The maximum absolute atomic E-state index is 10.9. The SMILES string of the molecule is C=C(C)c1nccc(CCO)c1[N+](=O)[O-]. The van der Waals surface area contributed by atoms with Gasteiger partial charge in [-0.2, -0.15) is 0 Å². The molecule has 5 nitrogen and oxygen atoms in total. The Balaban J connectivity index is 3.34. The second kappa shape index (κ2) is 4.65. The van der Waals surface area contributed by atoms with Gasteiger partial charge in [-0.1, -0.05) is 6.58 Å². The van der Waals surface area contributed by atoms with E-state index in [9.17, 15) is 10.1 Å². The number of rotatable bonds is 4. The number of aromatic nitrogens is 1. The van der Waals surface area contributed by atoms with Gasteiger partial charge in [0.1, 0.15) is 5.69 Å². The molecule has 0 spiro atoms. The molecule has 1 rings (SSSR count). The van der Waals surface area contributed by atoms with Gasteiger partial charge in [0.25, 0.3) is 5.69 Å². The van der Waals surface area contributed by atoms with Crippen molar-refractivity contribution in [3.05, 3.63) is 40.2 Å². The highest BCUT2D eigenvalue weighted by Crippen LogP contribution is 2.26. The third-order valence-electron chi connectivity index (χ3n) is 1.98. The molecule has 1 heterocycles. The van der Waals surface area contributed by atoms with Gasteiger partial charge in [-0.25, -0.2) is 4.98 Å². The first-order valence-electron chi connectivity index (χ1n) is 4.47. The number of nitrogens with zero attached hydrogens (tertiary/aromatic N) is 2. The number of pyridine rings is 1. The summed E-state index contributed by atoms with van der Waals surface area (Å²) in [6, 6.07) is 1.54. The molecular formula is C10H12N2O3. The summed E-state index contributed by atoms with van der Waals surface area (Å²) in [5.41, 5.74) is 1.25. The summed E-state index contributed by atoms with van der Waals surface area (Å²) >= 11 is 0. The topological polar surface area (TPSA) is 76.3 Å². The van der Waals surface area contributed by atoms with E-state index in [-0.39, 0.29) is 24.4 Å². The van der Waals surface area contributed by atoms with Gasteiger partial charge in [0.15, 0.2) is 0 Å². The summed E-state index contributed by atoms with van der Waals surface area (Å²) in [6.45, 7) is 5.18. The third-order valence-corrected chi connectivity index (χ3v) is 1.98. The largest absolute Gasteiger partial charge is 0.396 e. The van der Waals surface area contributed by atoms with E-state index in [1.165, 1.54) is 6.20 Å². The molecule has 5 heteroatoms. The van der Waals surface area contributed by atoms with Gasteiger partial charge in [0.2, 0.25) is 0 Å². The average Bonchev–Trinajstić information content (AvgIpc) is 2.17. The van der Waals surface area contributed by atoms with Gasteiger partial charge in [0, 0.05) is 24.8 Å². The fourth-order valence-electron chi connectivity index (χ4n) is 1.33. The molecule has 0 amide bonds. The van der Waals surface area contributed by atoms with E-state index in [0.717, 1.165) is 0 Å². The smallest absolute Gasteiger partial charge is 0.298 e. The van der Waals surface area contributed by atoms with Crippen molar-refractivity contribution in [2.75, 3.05) is 6.61 Å². The van der Waals surface area contributed by atoms with Crippen molar-refractivity contribution in [2.24, 2.45) is 0 Å². The van der Waals surface area contributed by atoms with Gasteiger partial charge in [0.05, 0.1) is 4.92 Å². The van der Waals surface area contributed by atoms with Gasteiger partial charge in [-0.05, 0) is 18.6 Å². The Hall–Kier alpha value is -1.75. The minimum absolute atomic E-state index is 0.0564. The maximum Gasteiger partial charge on any atom is 0.298 e. The Kier molecular flexibility index (Phi) is 3.51. The van der Waals surface area contributed by atoms with Crippen LogP contribution in [0.15, 0.2) is 18.8 Å². The maximum atomic E-state index is 10.9. The standard InChI is InChI=1S/C10H12N2O3/c1-7(2)9-10(12(14)15)8(4-6-13)3-5-11-9/h3,5,13H,1,4,6H2,2H3. The fourth-order valence-corrected chi connectivity index (χ4v) is 1.33. The summed E-state index contributed by atoms with van der Waals surface area (Å²) in [5, 5.41) is 19.7. The Morgan fingerprint density at radius 1 is 1.73 bits per heavy atom. The number of allylic oxidation sites excluding steroid dienone is 1. The van der Waals surface area contributed by atoms with E-state index in [0.29, 0.717) is 11.1 Å². The highest BCUT2D eigenvalue weighted by Gasteiger charge is 2.20. The quantitative estimate of drug-likeness (QED) is 0.601. The van der Waals surface area contributed by atoms with Gasteiger partial charge >= 0.3 is 0 Å². The van der Waals surface area contributed by atoms with Crippen LogP contribution in [0, 0.1) is 10.1 Å². The molecule has 0 saturated carbocycles. The van der Waals surface area contributed by atoms with Crippen LogP contribution >= 0.6 is 0 Å². The van der Waals surface area contributed by atoms with Crippen molar-refractivity contribution in [1.29, 1.82) is 0 Å². The molecule has 0 atom stereocenters. The second-order valence-electron chi connectivity index (χ2n) is 3.18. The lowest BCUT2D eigenvalue weighted by molar-refractivity contribution is -0.386. The number of nitro groups is 1. The first kappa shape index (κ1) is 11.3. The third kappa shape index (κ3) is 2.38. The van der Waals surface area contributed by atoms with E-state index < -0.39 is 4.92 Å². The summed E-state index contributed by atoms with van der Waals surface area (Å²) in [6.07, 6.45) is 1.74. The molecule has 0 aliphatic carbocycles. The Morgan fingerprint density at radius 2 is 2.40 bits per heavy atom. The van der Waals surface area contributed by atoms with Crippen molar-refractivity contribution in [3.63, 3.8) is 0 Å². The molecule has 0 unspecified atom stereocenters. The summed E-state index contributed by atoms with van der Waals surface area (Å²) < 4.78 is 0. The molecule has 0 aliphatic rings. The average molecular weight is 208 g/mol. The lowest BCUT2D eigenvalue weighted by Crippen LogP contribution is -2.03. The molecule has 0 bridgehead atoms. The van der Waals surface area contributed by atoms with Crippen LogP contribution in [0.5, 0.6) is 0 Å². The van der Waals surface area contributed by atoms with Crippen molar-refractivity contribution < 1.29 is 10.0 Å². The van der Waals surface area contributed by atoms with Crippen LogP contribution in [-0.4, -0.2) is 21.6 Å². The van der Waals surface area contributed by atoms with Gasteiger partial charge in [-0.3, -0.25) is 10.1 Å². The summed E-state index contributed by atoms with van der Waals surface area (Å²) in [7, 11) is 0. The number of aliphatic hydroxyl groups excluding tert-OH is 1. The number of hydrogen-bond acceptors (Lipinski definition) is 4. The molecule has 1 aromatic rings. The minimum atomic E-state index is -0.484. The van der Waals surface area contributed by atoms with Crippen molar-refractivity contribution in [2.45, 2.75) is 13.3 Å². The molecule has 1 aromatic heterocycles. The van der Waals surface area contributed by atoms with E-state index in [1.807, 2.05) is 0 Å². The van der Waals surface area contributed by atoms with E-state index in [1.54, 1.807) is 13.0 Å². The van der Waals surface area contributed by atoms with E-state index >= 15 is 0 Å². The summed E-state index contributed by atoms with van der Waals surface area (Å²) in [4.78, 5) is 14.3. The van der Waals surface area contributed by atoms with Crippen LogP contribution in [0.2, 0.25) is 0 Å². The predicted molar refractivity (Wildman–Crippen MR) is 56.4 cm³/mol. The molecule has 0 fully saturated rings. The molecule has 1 N–H and O–H groups in total. The predicted octanol–water partition coefficient (Wildman–Crippen LogP) is 1.56. The molecule has 0 aliphatic heterocycles. The zero-order valence-electron chi connectivity index (χ0n) is 8.43. The van der Waals surface area contributed by atoms with Crippen LogP contribution in [0.4, 0.5) is 5.69 Å². The highest BCUT2D eigenvalue weighted by atomic mass is 16.6. The molecular weight excluding hydrogens is 196 g/mol. The first-order valence-corrected chi connectivity index (χ1v) is 4.47. The highest BCUT2D eigenvalue weighted by molar-refractivity contribution is 5.68. The molecule has 80 valence electrons. The lowest BCUT2D eigenvalue weighted by atomic mass is 10.1. The first-order chi connectivity index (χ1) is 7.07. The number of aliphatic hydroxyl groups is 1. The van der Waals surface area contributed by atoms with Crippen molar-refractivity contribution >= 4 is 11.3 Å². The van der Waals surface area contributed by atoms with Crippen LogP contribution < -0.4 is 0 Å². The van der Waals surface area contributed by atoms with E-state index in [2.05, 4.69) is 11.6 Å². The zero-order valence-corrected chi connectivity index (χ0v) is 8.43.